The zero-order chi connectivity index (χ0) is 10.1. The van der Waals surface area contributed by atoms with E-state index in [9.17, 15) is 14.0 Å². The Kier molecular flexibility index (Phi) is 2.68. The minimum absolute atomic E-state index is 0.0504. The highest BCUT2D eigenvalue weighted by Crippen LogP contribution is 2.27. The molecule has 3 nitrogen and oxygen atoms in total. The fraction of sp³-hybridized carbons (Fsp3) is 0.778. The summed E-state index contributed by atoms with van der Waals surface area (Å²) in [6.45, 7) is 3.43. The lowest BCUT2D eigenvalue weighted by atomic mass is 9.90. The number of piperidine rings is 1. The van der Waals surface area contributed by atoms with E-state index < -0.39 is 11.5 Å². The van der Waals surface area contributed by atoms with Crippen LogP contribution in [0.1, 0.15) is 26.7 Å². The quantitative estimate of drug-likeness (QED) is 0.612. The lowest BCUT2D eigenvalue weighted by Gasteiger charge is -2.34. The minimum Gasteiger partial charge on any atom is -0.343 e. The van der Waals surface area contributed by atoms with Gasteiger partial charge in [0.1, 0.15) is 0 Å². The number of amides is 1. The zero-order valence-corrected chi connectivity index (χ0v) is 7.97. The molecule has 13 heavy (non-hydrogen) atoms. The molecule has 1 saturated heterocycles. The van der Waals surface area contributed by atoms with Gasteiger partial charge in [0, 0.05) is 32.9 Å². The molecule has 1 rings (SSSR count). The van der Waals surface area contributed by atoms with Gasteiger partial charge in [-0.25, -0.2) is 4.39 Å². The zero-order valence-electron chi connectivity index (χ0n) is 7.97. The maximum Gasteiger partial charge on any atom is 0.219 e. The maximum atomic E-state index is 13.6. The smallest absolute Gasteiger partial charge is 0.219 e. The number of ketones is 1. The normalized spacial score (nSPS) is 21.3. The van der Waals surface area contributed by atoms with Gasteiger partial charge in [-0.05, 0) is 6.92 Å². The molecule has 0 aromatic heterocycles. The van der Waals surface area contributed by atoms with Crippen LogP contribution in [-0.2, 0) is 9.59 Å². The Bertz CT molecular complexity index is 232. The van der Waals surface area contributed by atoms with E-state index in [0.717, 1.165) is 0 Å². The third-order valence-corrected chi connectivity index (χ3v) is 2.63. The Morgan fingerprint density at radius 3 is 2.00 bits per heavy atom. The topological polar surface area (TPSA) is 37.4 Å². The highest BCUT2D eigenvalue weighted by atomic mass is 19.1. The molecule has 1 fully saturated rings. The molecule has 0 aliphatic carbocycles. The predicted molar refractivity (Wildman–Crippen MR) is 46.0 cm³/mol. The maximum absolute atomic E-state index is 13.6. The second-order valence-electron chi connectivity index (χ2n) is 3.53. The fourth-order valence-corrected chi connectivity index (χ4v) is 1.53. The van der Waals surface area contributed by atoms with E-state index in [0.29, 0.717) is 13.1 Å². The van der Waals surface area contributed by atoms with Crippen molar-refractivity contribution < 1.29 is 14.0 Å². The number of nitrogens with zero attached hydrogens (tertiary/aromatic N) is 1. The van der Waals surface area contributed by atoms with Gasteiger partial charge in [0.05, 0.1) is 0 Å². The first-order valence-electron chi connectivity index (χ1n) is 4.41. The van der Waals surface area contributed by atoms with Gasteiger partial charge in [-0.15, -0.1) is 0 Å². The van der Waals surface area contributed by atoms with Crippen molar-refractivity contribution in [1.29, 1.82) is 0 Å². The first-order chi connectivity index (χ1) is 5.96. The second-order valence-corrected chi connectivity index (χ2v) is 3.53. The van der Waals surface area contributed by atoms with E-state index in [4.69, 9.17) is 0 Å². The standard InChI is InChI=1S/C9H14FNO2/c1-7(12)9(10)3-5-11(6-4-9)8(2)13/h3-6H2,1-2H3. The number of rotatable bonds is 1. The van der Waals surface area contributed by atoms with Crippen molar-refractivity contribution >= 4 is 11.7 Å². The Hall–Kier alpha value is -0.930. The molecule has 1 amide bonds. The number of hydrogen-bond acceptors (Lipinski definition) is 2. The van der Waals surface area contributed by atoms with E-state index in [-0.39, 0.29) is 18.7 Å². The molecule has 0 N–H and O–H groups in total. The largest absolute Gasteiger partial charge is 0.343 e. The van der Waals surface area contributed by atoms with Gasteiger partial charge in [0.15, 0.2) is 11.5 Å². The molecule has 74 valence electrons. The predicted octanol–water partition coefficient (Wildman–Crippen LogP) is 0.926. The van der Waals surface area contributed by atoms with Gasteiger partial charge < -0.3 is 4.90 Å². The number of likely N-dealkylation sites (tertiary alicyclic amines) is 1. The Morgan fingerprint density at radius 1 is 1.23 bits per heavy atom. The lowest BCUT2D eigenvalue weighted by molar-refractivity contribution is -0.138. The molecular formula is C9H14FNO2. The Labute approximate surface area is 76.9 Å². The number of alkyl halides is 1. The van der Waals surface area contributed by atoms with Crippen molar-refractivity contribution in [3.8, 4) is 0 Å². The summed E-state index contributed by atoms with van der Waals surface area (Å²) in [7, 11) is 0. The summed E-state index contributed by atoms with van der Waals surface area (Å²) in [4.78, 5) is 23.4. The molecule has 0 unspecified atom stereocenters. The summed E-state index contributed by atoms with van der Waals surface area (Å²) < 4.78 is 13.6. The molecule has 0 saturated carbocycles. The van der Waals surface area contributed by atoms with Crippen molar-refractivity contribution in [3.05, 3.63) is 0 Å². The first-order valence-corrected chi connectivity index (χ1v) is 4.41. The number of carbonyl (C=O) groups excluding carboxylic acids is 2. The molecule has 0 aromatic rings. The van der Waals surface area contributed by atoms with Crippen molar-refractivity contribution in [2.24, 2.45) is 0 Å². The molecule has 0 bridgehead atoms. The number of Topliss-reactive ketones (excluding diaryl/α,β-unsaturated/α-hetero) is 1. The summed E-state index contributed by atoms with van der Waals surface area (Å²) in [5.74, 6) is -0.471. The third-order valence-electron chi connectivity index (χ3n) is 2.63. The minimum atomic E-state index is -1.69. The second kappa shape index (κ2) is 3.44. The van der Waals surface area contributed by atoms with Crippen LogP contribution in [-0.4, -0.2) is 35.3 Å². The van der Waals surface area contributed by atoms with Crippen LogP contribution in [0.2, 0.25) is 0 Å². The van der Waals surface area contributed by atoms with E-state index in [2.05, 4.69) is 0 Å². The summed E-state index contributed by atoms with van der Waals surface area (Å²) in [5, 5.41) is 0. The van der Waals surface area contributed by atoms with Crippen LogP contribution >= 0.6 is 0 Å². The van der Waals surface area contributed by atoms with Crippen molar-refractivity contribution in [3.63, 3.8) is 0 Å². The third kappa shape index (κ3) is 2.05. The SMILES string of the molecule is CC(=O)N1CCC(F)(C(C)=O)CC1. The number of carbonyl (C=O) groups is 2. The molecule has 0 atom stereocenters. The molecule has 0 spiro atoms. The molecule has 1 aliphatic heterocycles. The average molecular weight is 187 g/mol. The highest BCUT2D eigenvalue weighted by molar-refractivity contribution is 5.85. The van der Waals surface area contributed by atoms with E-state index >= 15 is 0 Å². The fourth-order valence-electron chi connectivity index (χ4n) is 1.53. The average Bonchev–Trinajstić information content (AvgIpc) is 2.04. The van der Waals surface area contributed by atoms with E-state index in [1.54, 1.807) is 4.90 Å². The van der Waals surface area contributed by atoms with Crippen LogP contribution in [0.25, 0.3) is 0 Å². The summed E-state index contributed by atoms with van der Waals surface area (Å²) in [6.07, 6.45) is 0.282. The van der Waals surface area contributed by atoms with Gasteiger partial charge in [-0.1, -0.05) is 0 Å². The number of hydrogen-bond donors (Lipinski definition) is 0. The van der Waals surface area contributed by atoms with Crippen molar-refractivity contribution in [1.82, 2.24) is 4.90 Å². The number of halogens is 1. The molecule has 1 heterocycles. The van der Waals surface area contributed by atoms with Crippen LogP contribution in [0, 0.1) is 0 Å². The van der Waals surface area contributed by atoms with Gasteiger partial charge in [-0.3, -0.25) is 9.59 Å². The van der Waals surface area contributed by atoms with E-state index in [1.165, 1.54) is 13.8 Å². The van der Waals surface area contributed by atoms with Crippen LogP contribution in [0.4, 0.5) is 4.39 Å². The van der Waals surface area contributed by atoms with Crippen LogP contribution in [0.15, 0.2) is 0 Å². The van der Waals surface area contributed by atoms with Gasteiger partial charge in [0.25, 0.3) is 0 Å². The van der Waals surface area contributed by atoms with E-state index in [1.807, 2.05) is 0 Å². The first kappa shape index (κ1) is 10.2. The van der Waals surface area contributed by atoms with Gasteiger partial charge in [0.2, 0.25) is 5.91 Å². The van der Waals surface area contributed by atoms with Crippen LogP contribution in [0.3, 0.4) is 0 Å². The van der Waals surface area contributed by atoms with Gasteiger partial charge in [-0.2, -0.15) is 0 Å². The van der Waals surface area contributed by atoms with Crippen molar-refractivity contribution in [2.45, 2.75) is 32.4 Å². The van der Waals surface area contributed by atoms with Gasteiger partial charge >= 0.3 is 0 Å². The summed E-state index contributed by atoms with van der Waals surface area (Å²) in [5.41, 5.74) is -1.69. The summed E-state index contributed by atoms with van der Waals surface area (Å²) in [6, 6.07) is 0. The van der Waals surface area contributed by atoms with Crippen molar-refractivity contribution in [2.75, 3.05) is 13.1 Å². The molecule has 0 radical (unpaired) electrons. The summed E-state index contributed by atoms with van der Waals surface area (Å²) >= 11 is 0. The molecular weight excluding hydrogens is 173 g/mol. The Morgan fingerprint density at radius 2 is 1.69 bits per heavy atom. The van der Waals surface area contributed by atoms with Crippen LogP contribution < -0.4 is 0 Å². The monoisotopic (exact) mass is 187 g/mol. The molecule has 0 aromatic carbocycles. The lowest BCUT2D eigenvalue weighted by Crippen LogP contribution is -2.47. The highest BCUT2D eigenvalue weighted by Gasteiger charge is 2.39. The Balaban J connectivity index is 2.56. The van der Waals surface area contributed by atoms with Crippen LogP contribution in [0.5, 0.6) is 0 Å². The molecule has 1 aliphatic rings. The molecule has 4 heteroatoms.